The molecule has 0 aromatic heterocycles. The minimum absolute atomic E-state index is 0.103. The van der Waals surface area contributed by atoms with Crippen LogP contribution in [0.4, 0.5) is 5.69 Å². The molecule has 0 radical (unpaired) electrons. The molecule has 23 heavy (non-hydrogen) atoms. The number of imide groups is 1. The fourth-order valence-corrected chi connectivity index (χ4v) is 2.24. The third-order valence-electron chi connectivity index (χ3n) is 3.26. The Bertz CT molecular complexity index is 657. The fourth-order valence-electron chi connectivity index (χ4n) is 2.24. The van der Waals surface area contributed by atoms with Crippen LogP contribution in [0.2, 0.25) is 0 Å². The molecule has 8 nitrogen and oxygen atoms in total. The number of ether oxygens (including phenoxy) is 1. The zero-order chi connectivity index (χ0) is 17.0. The maximum Gasteiger partial charge on any atom is 0.254 e. The summed E-state index contributed by atoms with van der Waals surface area (Å²) in [5.74, 6) is -1.10. The maximum absolute atomic E-state index is 12.4. The van der Waals surface area contributed by atoms with Crippen LogP contribution in [0.5, 0.6) is 5.75 Å². The van der Waals surface area contributed by atoms with Crippen LogP contribution < -0.4 is 15.4 Å². The first-order valence-electron chi connectivity index (χ1n) is 7.24. The molecule has 0 spiro atoms. The highest BCUT2D eigenvalue weighted by molar-refractivity contribution is 6.05. The normalized spacial score (nSPS) is 17.6. The van der Waals surface area contributed by atoms with E-state index in [-0.39, 0.29) is 36.1 Å². The number of carbonyl (C=O) groups is 3. The summed E-state index contributed by atoms with van der Waals surface area (Å²) in [6, 6.07) is 3.96. The Balaban J connectivity index is 2.20. The maximum atomic E-state index is 12.4. The van der Waals surface area contributed by atoms with Crippen LogP contribution in [0.1, 0.15) is 37.0 Å². The Morgan fingerprint density at radius 1 is 1.43 bits per heavy atom. The predicted molar refractivity (Wildman–Crippen MR) is 80.7 cm³/mol. The van der Waals surface area contributed by atoms with Gasteiger partial charge in [-0.3, -0.25) is 19.7 Å². The van der Waals surface area contributed by atoms with Crippen LogP contribution in [0.15, 0.2) is 23.3 Å². The minimum atomic E-state index is -0.784. The number of hydrogen-bond donors (Lipinski definition) is 3. The molecule has 122 valence electrons. The van der Waals surface area contributed by atoms with Crippen molar-refractivity contribution in [1.82, 2.24) is 10.6 Å². The molecule has 1 aliphatic rings. The Morgan fingerprint density at radius 3 is 2.78 bits per heavy atom. The van der Waals surface area contributed by atoms with Crippen LogP contribution in [0, 0.1) is 5.53 Å². The molecule has 1 atom stereocenters. The van der Waals surface area contributed by atoms with Gasteiger partial charge in [0.05, 0.1) is 11.7 Å². The number of nitrogens with one attached hydrogen (secondary N) is 3. The van der Waals surface area contributed by atoms with Gasteiger partial charge in [0.15, 0.2) is 0 Å². The topological polar surface area (TPSA) is 121 Å². The van der Waals surface area contributed by atoms with Gasteiger partial charge in [-0.2, -0.15) is 5.11 Å². The van der Waals surface area contributed by atoms with E-state index >= 15 is 0 Å². The van der Waals surface area contributed by atoms with Crippen molar-refractivity contribution in [1.29, 1.82) is 5.53 Å². The third kappa shape index (κ3) is 3.91. The van der Waals surface area contributed by atoms with Crippen molar-refractivity contribution in [3.8, 4) is 5.75 Å². The average molecular weight is 318 g/mol. The quantitative estimate of drug-likeness (QED) is 0.565. The number of carbonyl (C=O) groups excluding carboxylic acids is 3. The molecule has 1 heterocycles. The standard InChI is InChI=1S/C15H18N4O4/c1-8(2)23-11-5-3-4-9(13(11)19-16)14(21)17-10-6-7-12(20)18-15(10)22/h3-5,8,10,16H,6-7H2,1-2H3,(H,17,21)(H,18,20,22). The number of rotatable bonds is 5. The van der Waals surface area contributed by atoms with Gasteiger partial charge in [-0.25, -0.2) is 5.53 Å². The summed E-state index contributed by atoms with van der Waals surface area (Å²) in [4.78, 5) is 35.2. The Kier molecular flexibility index (Phi) is 5.05. The average Bonchev–Trinajstić information content (AvgIpc) is 2.49. The van der Waals surface area contributed by atoms with Crippen molar-refractivity contribution < 1.29 is 19.1 Å². The zero-order valence-electron chi connectivity index (χ0n) is 12.9. The van der Waals surface area contributed by atoms with Gasteiger partial charge in [0, 0.05) is 6.42 Å². The molecule has 2 rings (SSSR count). The lowest BCUT2D eigenvalue weighted by Crippen LogP contribution is -2.52. The molecule has 1 aromatic rings. The largest absolute Gasteiger partial charge is 0.489 e. The predicted octanol–water partition coefficient (Wildman–Crippen LogP) is 1.67. The third-order valence-corrected chi connectivity index (χ3v) is 3.26. The number of para-hydroxylation sites is 1. The van der Waals surface area contributed by atoms with Crippen LogP contribution in [-0.2, 0) is 9.59 Å². The molecular weight excluding hydrogens is 300 g/mol. The van der Waals surface area contributed by atoms with Crippen LogP contribution >= 0.6 is 0 Å². The Hall–Kier alpha value is -2.77. The van der Waals surface area contributed by atoms with Crippen LogP contribution in [-0.4, -0.2) is 29.9 Å². The highest BCUT2D eigenvalue weighted by atomic mass is 16.5. The first kappa shape index (κ1) is 16.6. The molecule has 0 bridgehead atoms. The van der Waals surface area contributed by atoms with Crippen LogP contribution in [0.3, 0.4) is 0 Å². The number of hydrogen-bond acceptors (Lipinski definition) is 6. The summed E-state index contributed by atoms with van der Waals surface area (Å²) >= 11 is 0. The van der Waals surface area contributed by atoms with Crippen molar-refractivity contribution in [2.75, 3.05) is 0 Å². The summed E-state index contributed by atoms with van der Waals surface area (Å²) in [5, 5.41) is 8.11. The summed E-state index contributed by atoms with van der Waals surface area (Å²) in [7, 11) is 0. The van der Waals surface area contributed by atoms with E-state index < -0.39 is 17.9 Å². The van der Waals surface area contributed by atoms with E-state index in [2.05, 4.69) is 15.7 Å². The lowest BCUT2D eigenvalue weighted by molar-refractivity contribution is -0.134. The number of nitrogens with zero attached hydrogens (tertiary/aromatic N) is 1. The monoisotopic (exact) mass is 318 g/mol. The van der Waals surface area contributed by atoms with Gasteiger partial charge in [-0.05, 0) is 32.4 Å². The van der Waals surface area contributed by atoms with Crippen molar-refractivity contribution in [2.45, 2.75) is 38.8 Å². The molecule has 0 saturated carbocycles. The van der Waals surface area contributed by atoms with Gasteiger partial charge < -0.3 is 10.1 Å². The Morgan fingerprint density at radius 2 is 2.17 bits per heavy atom. The molecule has 0 aliphatic carbocycles. The molecular formula is C15H18N4O4. The summed E-state index contributed by atoms with van der Waals surface area (Å²) in [5.41, 5.74) is 7.53. The van der Waals surface area contributed by atoms with Gasteiger partial charge in [-0.15, -0.1) is 0 Å². The van der Waals surface area contributed by atoms with E-state index in [1.807, 2.05) is 13.8 Å². The molecule has 3 N–H and O–H groups in total. The van der Waals surface area contributed by atoms with E-state index in [9.17, 15) is 14.4 Å². The minimum Gasteiger partial charge on any atom is -0.489 e. The highest BCUT2D eigenvalue weighted by Crippen LogP contribution is 2.32. The smallest absolute Gasteiger partial charge is 0.254 e. The van der Waals surface area contributed by atoms with Crippen molar-refractivity contribution in [3.05, 3.63) is 23.8 Å². The molecule has 8 heteroatoms. The van der Waals surface area contributed by atoms with E-state index in [1.165, 1.54) is 6.07 Å². The van der Waals surface area contributed by atoms with E-state index in [0.29, 0.717) is 5.75 Å². The second kappa shape index (κ2) is 6.99. The van der Waals surface area contributed by atoms with Gasteiger partial charge in [0.25, 0.3) is 5.91 Å². The zero-order valence-corrected chi connectivity index (χ0v) is 12.9. The van der Waals surface area contributed by atoms with E-state index in [4.69, 9.17) is 10.3 Å². The number of benzene rings is 1. The fraction of sp³-hybridized carbons (Fsp3) is 0.400. The molecule has 1 aliphatic heterocycles. The van der Waals surface area contributed by atoms with Gasteiger partial charge in [-0.1, -0.05) is 6.07 Å². The van der Waals surface area contributed by atoms with Gasteiger partial charge >= 0.3 is 0 Å². The lowest BCUT2D eigenvalue weighted by Gasteiger charge is -2.22. The molecule has 3 amide bonds. The number of amides is 3. The highest BCUT2D eigenvalue weighted by Gasteiger charge is 2.29. The molecule has 1 unspecified atom stereocenters. The van der Waals surface area contributed by atoms with Gasteiger partial charge in [0.2, 0.25) is 11.8 Å². The second-order valence-corrected chi connectivity index (χ2v) is 5.41. The second-order valence-electron chi connectivity index (χ2n) is 5.41. The van der Waals surface area contributed by atoms with Gasteiger partial charge in [0.1, 0.15) is 17.5 Å². The van der Waals surface area contributed by atoms with E-state index in [1.54, 1.807) is 12.1 Å². The summed E-state index contributed by atoms with van der Waals surface area (Å²) < 4.78 is 5.53. The number of piperidine rings is 1. The molecule has 1 saturated heterocycles. The summed E-state index contributed by atoms with van der Waals surface area (Å²) in [6.45, 7) is 3.65. The first-order chi connectivity index (χ1) is 10.9. The molecule has 1 aromatic carbocycles. The summed E-state index contributed by atoms with van der Waals surface area (Å²) in [6.07, 6.45) is 0.276. The molecule has 1 fully saturated rings. The van der Waals surface area contributed by atoms with Crippen LogP contribution in [0.25, 0.3) is 0 Å². The van der Waals surface area contributed by atoms with Crippen molar-refractivity contribution in [2.24, 2.45) is 5.11 Å². The SMILES string of the molecule is CC(C)Oc1cccc(C(=O)NC2CCC(=O)NC2=O)c1N=N. The van der Waals surface area contributed by atoms with Crippen molar-refractivity contribution >= 4 is 23.4 Å². The lowest BCUT2D eigenvalue weighted by atomic mass is 10.0. The Labute approximate surface area is 133 Å². The van der Waals surface area contributed by atoms with E-state index in [0.717, 1.165) is 0 Å². The van der Waals surface area contributed by atoms with Crippen molar-refractivity contribution in [3.63, 3.8) is 0 Å². The first-order valence-corrected chi connectivity index (χ1v) is 7.24.